The fourth-order valence-corrected chi connectivity index (χ4v) is 5.26. The van der Waals surface area contributed by atoms with Crippen LogP contribution in [0.5, 0.6) is 0 Å². The first kappa shape index (κ1) is 22.3. The molecule has 1 aliphatic heterocycles. The van der Waals surface area contributed by atoms with Crippen molar-refractivity contribution in [2.24, 2.45) is 0 Å². The van der Waals surface area contributed by atoms with Crippen LogP contribution in [0.25, 0.3) is 5.69 Å². The lowest BCUT2D eigenvalue weighted by Crippen LogP contribution is -2.29. The number of halogens is 1. The minimum atomic E-state index is -0.270. The highest BCUT2D eigenvalue weighted by atomic mass is 32.1. The van der Waals surface area contributed by atoms with E-state index in [4.69, 9.17) is 12.2 Å². The lowest BCUT2D eigenvalue weighted by molar-refractivity contribution is 0.565. The Morgan fingerprint density at radius 2 is 1.68 bits per heavy atom. The zero-order valence-corrected chi connectivity index (χ0v) is 20.3. The van der Waals surface area contributed by atoms with Crippen LogP contribution < -0.4 is 10.2 Å². The third-order valence-corrected chi connectivity index (χ3v) is 6.91. The van der Waals surface area contributed by atoms with E-state index in [9.17, 15) is 4.39 Å². The van der Waals surface area contributed by atoms with Gasteiger partial charge in [0.2, 0.25) is 0 Å². The topological polar surface area (TPSA) is 33.1 Å². The molecule has 4 aromatic rings. The first-order valence-corrected chi connectivity index (χ1v) is 11.9. The van der Waals surface area contributed by atoms with Crippen LogP contribution in [0, 0.1) is 19.7 Å². The SMILES string of the molecule is CCc1ccc(-n2c(C)cc([C@H]3[C@@H](c4ccccn4)NC(=S)N3c3ccc(F)cc3)c2C)cc1. The molecule has 2 atom stereocenters. The molecular formula is C28H27FN4S. The molecule has 0 saturated carbocycles. The van der Waals surface area contributed by atoms with E-state index in [1.807, 2.05) is 18.2 Å². The maximum Gasteiger partial charge on any atom is 0.174 e. The molecule has 1 N–H and O–H groups in total. The Morgan fingerprint density at radius 3 is 2.32 bits per heavy atom. The van der Waals surface area contributed by atoms with Crippen molar-refractivity contribution in [2.45, 2.75) is 39.3 Å². The molecule has 0 radical (unpaired) electrons. The molecule has 1 saturated heterocycles. The summed E-state index contributed by atoms with van der Waals surface area (Å²) in [6.45, 7) is 6.44. The molecule has 2 aromatic heterocycles. The zero-order chi connectivity index (χ0) is 23.8. The number of nitrogens with zero attached hydrogens (tertiary/aromatic N) is 3. The van der Waals surface area contributed by atoms with Crippen LogP contribution in [0.1, 0.15) is 47.2 Å². The van der Waals surface area contributed by atoms with Gasteiger partial charge in [-0.2, -0.15) is 0 Å². The number of rotatable bonds is 5. The third-order valence-electron chi connectivity index (χ3n) is 6.59. The Bertz CT molecular complexity index is 1310. The van der Waals surface area contributed by atoms with Crippen molar-refractivity contribution < 1.29 is 4.39 Å². The largest absolute Gasteiger partial charge is 0.351 e. The smallest absolute Gasteiger partial charge is 0.174 e. The van der Waals surface area contributed by atoms with E-state index in [1.54, 1.807) is 18.3 Å². The van der Waals surface area contributed by atoms with Gasteiger partial charge in [-0.05, 0) is 98.2 Å². The fraction of sp³-hybridized carbons (Fsp3) is 0.214. The summed E-state index contributed by atoms with van der Waals surface area (Å²) in [4.78, 5) is 6.72. The van der Waals surface area contributed by atoms with E-state index >= 15 is 0 Å². The third kappa shape index (κ3) is 3.88. The van der Waals surface area contributed by atoms with Crippen molar-refractivity contribution in [3.05, 3.63) is 113 Å². The molecule has 0 amide bonds. The summed E-state index contributed by atoms with van der Waals surface area (Å²) in [6.07, 6.45) is 2.81. The van der Waals surface area contributed by atoms with Crippen molar-refractivity contribution in [2.75, 3.05) is 4.90 Å². The minimum absolute atomic E-state index is 0.136. The van der Waals surface area contributed by atoms with Crippen molar-refractivity contribution >= 4 is 23.0 Å². The average Bonchev–Trinajstić information content (AvgIpc) is 3.35. The van der Waals surface area contributed by atoms with Crippen LogP contribution in [0.3, 0.4) is 0 Å². The summed E-state index contributed by atoms with van der Waals surface area (Å²) in [5.74, 6) is -0.270. The Balaban J connectivity index is 1.65. The number of thiocarbonyl (C=S) groups is 1. The van der Waals surface area contributed by atoms with Crippen LogP contribution in [0.15, 0.2) is 79.0 Å². The summed E-state index contributed by atoms with van der Waals surface area (Å²) in [7, 11) is 0. The molecule has 0 aliphatic carbocycles. The molecule has 0 bridgehead atoms. The van der Waals surface area contributed by atoms with Gasteiger partial charge in [0.1, 0.15) is 5.82 Å². The maximum atomic E-state index is 13.7. The monoisotopic (exact) mass is 470 g/mol. The second-order valence-electron chi connectivity index (χ2n) is 8.65. The van der Waals surface area contributed by atoms with Crippen molar-refractivity contribution in [3.63, 3.8) is 0 Å². The number of anilines is 1. The Morgan fingerprint density at radius 1 is 0.971 bits per heavy atom. The van der Waals surface area contributed by atoms with Crippen LogP contribution in [-0.2, 0) is 6.42 Å². The molecule has 2 aromatic carbocycles. The quantitative estimate of drug-likeness (QED) is 0.344. The van der Waals surface area contributed by atoms with E-state index < -0.39 is 0 Å². The van der Waals surface area contributed by atoms with Gasteiger partial charge >= 0.3 is 0 Å². The number of hydrogen-bond donors (Lipinski definition) is 1. The zero-order valence-electron chi connectivity index (χ0n) is 19.5. The highest BCUT2D eigenvalue weighted by molar-refractivity contribution is 7.80. The van der Waals surface area contributed by atoms with E-state index in [0.717, 1.165) is 40.4 Å². The average molecular weight is 471 g/mol. The van der Waals surface area contributed by atoms with Crippen LogP contribution in [-0.4, -0.2) is 14.7 Å². The summed E-state index contributed by atoms with van der Waals surface area (Å²) in [5, 5.41) is 4.09. The van der Waals surface area contributed by atoms with Gasteiger partial charge in [-0.1, -0.05) is 25.1 Å². The lowest BCUT2D eigenvalue weighted by Gasteiger charge is -2.28. The van der Waals surface area contributed by atoms with E-state index in [1.165, 1.54) is 17.7 Å². The van der Waals surface area contributed by atoms with Gasteiger partial charge in [0, 0.05) is 29.0 Å². The van der Waals surface area contributed by atoms with Gasteiger partial charge in [0.05, 0.1) is 17.8 Å². The molecule has 3 heterocycles. The molecule has 5 rings (SSSR count). The van der Waals surface area contributed by atoms with Gasteiger partial charge in [-0.3, -0.25) is 4.98 Å². The number of aryl methyl sites for hydroxylation is 2. The summed E-state index contributed by atoms with van der Waals surface area (Å²) < 4.78 is 16.0. The van der Waals surface area contributed by atoms with E-state index in [0.29, 0.717) is 5.11 Å². The molecule has 6 heteroatoms. The molecule has 0 spiro atoms. The highest BCUT2D eigenvalue weighted by Crippen LogP contribution is 2.43. The predicted molar refractivity (Wildman–Crippen MR) is 139 cm³/mol. The number of nitrogens with one attached hydrogen (secondary N) is 1. The van der Waals surface area contributed by atoms with Crippen LogP contribution in [0.2, 0.25) is 0 Å². The lowest BCUT2D eigenvalue weighted by atomic mass is 9.96. The van der Waals surface area contributed by atoms with E-state index in [2.05, 4.69) is 70.9 Å². The van der Waals surface area contributed by atoms with Crippen molar-refractivity contribution in [3.8, 4) is 5.69 Å². The second kappa shape index (κ2) is 9.03. The number of pyridine rings is 1. The summed E-state index contributed by atoms with van der Waals surface area (Å²) >= 11 is 5.80. The molecule has 34 heavy (non-hydrogen) atoms. The van der Waals surface area contributed by atoms with Gasteiger partial charge in [0.15, 0.2) is 5.11 Å². The standard InChI is InChI=1S/C28H27FN4S/c1-4-20-8-12-22(13-9-20)32-18(2)17-24(19(32)3)27-26(25-7-5-6-16-30-25)31-28(34)33(27)23-14-10-21(29)11-15-23/h5-17,26-27H,4H2,1-3H3,(H,31,34)/t26-,27+/m1/s1. The first-order chi connectivity index (χ1) is 16.5. The molecule has 0 unspecified atom stereocenters. The number of aromatic nitrogens is 2. The summed E-state index contributed by atoms with van der Waals surface area (Å²) in [6, 6.07) is 23.1. The van der Waals surface area contributed by atoms with E-state index in [-0.39, 0.29) is 17.9 Å². The van der Waals surface area contributed by atoms with Crippen LogP contribution in [0.4, 0.5) is 10.1 Å². The Labute approximate surface area is 205 Å². The number of benzene rings is 2. The van der Waals surface area contributed by atoms with Gasteiger partial charge < -0.3 is 14.8 Å². The maximum absolute atomic E-state index is 13.7. The van der Waals surface area contributed by atoms with Crippen molar-refractivity contribution in [1.29, 1.82) is 0 Å². The normalized spacial score (nSPS) is 17.8. The number of hydrogen-bond acceptors (Lipinski definition) is 2. The fourth-order valence-electron chi connectivity index (χ4n) is 4.92. The first-order valence-electron chi connectivity index (χ1n) is 11.5. The van der Waals surface area contributed by atoms with Gasteiger partial charge in [-0.25, -0.2) is 4.39 Å². The highest BCUT2D eigenvalue weighted by Gasteiger charge is 2.42. The minimum Gasteiger partial charge on any atom is -0.351 e. The molecule has 4 nitrogen and oxygen atoms in total. The van der Waals surface area contributed by atoms with Gasteiger partial charge in [-0.15, -0.1) is 0 Å². The Kier molecular flexibility index (Phi) is 5.92. The molecule has 1 fully saturated rings. The Hall–Kier alpha value is -3.51. The van der Waals surface area contributed by atoms with Crippen LogP contribution >= 0.6 is 12.2 Å². The van der Waals surface area contributed by atoms with Gasteiger partial charge in [0.25, 0.3) is 0 Å². The predicted octanol–water partition coefficient (Wildman–Crippen LogP) is 6.37. The molecular weight excluding hydrogens is 443 g/mol. The summed E-state index contributed by atoms with van der Waals surface area (Å²) in [5.41, 5.74) is 7.66. The molecule has 1 aliphatic rings. The molecule has 172 valence electrons. The second-order valence-corrected chi connectivity index (χ2v) is 9.04. The van der Waals surface area contributed by atoms with Crippen molar-refractivity contribution in [1.82, 2.24) is 14.9 Å².